The first kappa shape index (κ1) is 19.8. The molecule has 0 radical (unpaired) electrons. The summed E-state index contributed by atoms with van der Waals surface area (Å²) >= 11 is 1.41. The quantitative estimate of drug-likeness (QED) is 0.614. The van der Waals surface area contributed by atoms with Crippen molar-refractivity contribution in [1.29, 1.82) is 0 Å². The van der Waals surface area contributed by atoms with Gasteiger partial charge in [0.1, 0.15) is 0 Å². The van der Waals surface area contributed by atoms with Crippen LogP contribution in [-0.2, 0) is 0 Å². The third-order valence-corrected chi connectivity index (χ3v) is 5.56. The molecule has 0 fully saturated rings. The first-order valence-electron chi connectivity index (χ1n) is 8.84. The topological polar surface area (TPSA) is 56.8 Å². The number of methoxy groups -OCH3 is 3. The summed E-state index contributed by atoms with van der Waals surface area (Å²) < 4.78 is 16.3. The van der Waals surface area contributed by atoms with Crippen molar-refractivity contribution in [3.8, 4) is 27.7 Å². The van der Waals surface area contributed by atoms with E-state index in [1.165, 1.54) is 11.3 Å². The highest BCUT2D eigenvalue weighted by Gasteiger charge is 2.20. The Kier molecular flexibility index (Phi) is 6.21. The Bertz CT molecular complexity index is 952. The van der Waals surface area contributed by atoms with Crippen LogP contribution in [0, 0.1) is 0 Å². The van der Waals surface area contributed by atoms with E-state index in [-0.39, 0.29) is 11.9 Å². The number of carbonyl (C=O) groups is 1. The molecule has 3 aromatic rings. The fourth-order valence-corrected chi connectivity index (χ4v) is 3.92. The summed E-state index contributed by atoms with van der Waals surface area (Å²) in [6, 6.07) is 17.3. The fourth-order valence-electron chi connectivity index (χ4n) is 2.99. The summed E-state index contributed by atoms with van der Waals surface area (Å²) in [5, 5.41) is 3.04. The van der Waals surface area contributed by atoms with Gasteiger partial charge in [0.15, 0.2) is 11.5 Å². The van der Waals surface area contributed by atoms with Crippen molar-refractivity contribution >= 4 is 17.2 Å². The van der Waals surface area contributed by atoms with E-state index in [0.717, 1.165) is 16.0 Å². The largest absolute Gasteiger partial charge is 0.493 e. The molecule has 0 bridgehead atoms. The molecule has 1 heterocycles. The highest BCUT2D eigenvalue weighted by Crippen LogP contribution is 2.45. The second-order valence-corrected chi connectivity index (χ2v) is 7.24. The molecule has 0 aliphatic heterocycles. The van der Waals surface area contributed by atoms with Gasteiger partial charge in [-0.3, -0.25) is 4.79 Å². The highest BCUT2D eigenvalue weighted by molar-refractivity contribution is 7.17. The van der Waals surface area contributed by atoms with Crippen molar-refractivity contribution in [2.45, 2.75) is 13.0 Å². The minimum atomic E-state index is -0.105. The lowest BCUT2D eigenvalue weighted by molar-refractivity contribution is 0.0944. The Morgan fingerprint density at radius 3 is 2.25 bits per heavy atom. The zero-order valence-electron chi connectivity index (χ0n) is 16.3. The highest BCUT2D eigenvalue weighted by atomic mass is 32.1. The van der Waals surface area contributed by atoms with Gasteiger partial charge in [-0.2, -0.15) is 0 Å². The number of amides is 1. The summed E-state index contributed by atoms with van der Waals surface area (Å²) in [5.74, 6) is 1.59. The van der Waals surface area contributed by atoms with Crippen molar-refractivity contribution in [1.82, 2.24) is 5.32 Å². The molecule has 1 aromatic heterocycles. The molecule has 6 heteroatoms. The first-order chi connectivity index (χ1) is 13.6. The van der Waals surface area contributed by atoms with Crippen molar-refractivity contribution in [2.75, 3.05) is 21.3 Å². The van der Waals surface area contributed by atoms with Gasteiger partial charge in [0.05, 0.1) is 32.2 Å². The van der Waals surface area contributed by atoms with E-state index in [1.54, 1.807) is 21.3 Å². The normalized spacial score (nSPS) is 11.6. The minimum absolute atomic E-state index is 0.0742. The molecule has 0 aliphatic carbocycles. The van der Waals surface area contributed by atoms with E-state index < -0.39 is 0 Å². The molecule has 1 N–H and O–H groups in total. The minimum Gasteiger partial charge on any atom is -0.493 e. The maximum absolute atomic E-state index is 12.7. The predicted molar refractivity (Wildman–Crippen MR) is 112 cm³/mol. The van der Waals surface area contributed by atoms with Gasteiger partial charge in [-0.25, -0.2) is 0 Å². The SMILES string of the molecule is COc1ccc(-c2ccc(C(=O)N[C@@H](C)c3ccccc3)s2)c(OC)c1OC. The molecule has 28 heavy (non-hydrogen) atoms. The van der Waals surface area contributed by atoms with E-state index in [9.17, 15) is 4.79 Å². The Morgan fingerprint density at radius 1 is 0.893 bits per heavy atom. The zero-order valence-corrected chi connectivity index (χ0v) is 17.1. The first-order valence-corrected chi connectivity index (χ1v) is 9.65. The Morgan fingerprint density at radius 2 is 1.61 bits per heavy atom. The van der Waals surface area contributed by atoms with Gasteiger partial charge in [-0.05, 0) is 36.8 Å². The summed E-state index contributed by atoms with van der Waals surface area (Å²) in [7, 11) is 4.74. The van der Waals surface area contributed by atoms with Crippen LogP contribution in [0.1, 0.15) is 28.2 Å². The molecule has 0 saturated carbocycles. The summed E-state index contributed by atoms with van der Waals surface area (Å²) in [6.07, 6.45) is 0. The molecule has 0 spiro atoms. The van der Waals surface area contributed by atoms with E-state index >= 15 is 0 Å². The van der Waals surface area contributed by atoms with Crippen molar-refractivity contribution in [2.24, 2.45) is 0 Å². The van der Waals surface area contributed by atoms with Gasteiger partial charge in [-0.15, -0.1) is 11.3 Å². The summed E-state index contributed by atoms with van der Waals surface area (Å²) in [4.78, 5) is 14.2. The number of ether oxygens (including phenoxy) is 3. The molecule has 0 aliphatic rings. The van der Waals surface area contributed by atoms with Gasteiger partial charge >= 0.3 is 0 Å². The molecule has 3 rings (SSSR count). The Labute approximate surface area is 168 Å². The second-order valence-electron chi connectivity index (χ2n) is 6.15. The third-order valence-electron chi connectivity index (χ3n) is 4.45. The fraction of sp³-hybridized carbons (Fsp3) is 0.227. The van der Waals surface area contributed by atoms with Crippen LogP contribution in [0.2, 0.25) is 0 Å². The number of rotatable bonds is 7. The second kappa shape index (κ2) is 8.80. The average Bonchev–Trinajstić information content (AvgIpc) is 3.23. The molecular formula is C22H23NO4S. The number of carbonyl (C=O) groups excluding carboxylic acids is 1. The van der Waals surface area contributed by atoms with Crippen LogP contribution < -0.4 is 19.5 Å². The zero-order chi connectivity index (χ0) is 20.1. The lowest BCUT2D eigenvalue weighted by Gasteiger charge is -2.15. The van der Waals surface area contributed by atoms with Crippen molar-refractivity contribution < 1.29 is 19.0 Å². The van der Waals surface area contributed by atoms with Crippen molar-refractivity contribution in [3.63, 3.8) is 0 Å². The molecular weight excluding hydrogens is 374 g/mol. The number of hydrogen-bond acceptors (Lipinski definition) is 5. The van der Waals surface area contributed by atoms with Gasteiger partial charge in [0.25, 0.3) is 5.91 Å². The standard InChI is InChI=1S/C22H23NO4S/c1-14(15-8-6-5-7-9-15)23-22(24)19-13-12-18(28-19)16-10-11-17(25-2)21(27-4)20(16)26-3/h5-14H,1-4H3,(H,23,24)/t14-/m0/s1. The molecule has 2 aromatic carbocycles. The van der Waals surface area contributed by atoms with Crippen LogP contribution in [-0.4, -0.2) is 27.2 Å². The van der Waals surface area contributed by atoms with E-state index in [4.69, 9.17) is 14.2 Å². The molecule has 5 nitrogen and oxygen atoms in total. The van der Waals surface area contributed by atoms with Crippen LogP contribution >= 0.6 is 11.3 Å². The predicted octanol–water partition coefficient (Wildman–Crippen LogP) is 4.93. The summed E-state index contributed by atoms with van der Waals surface area (Å²) in [5.41, 5.74) is 1.91. The van der Waals surface area contributed by atoms with E-state index in [0.29, 0.717) is 22.1 Å². The number of hydrogen-bond donors (Lipinski definition) is 1. The smallest absolute Gasteiger partial charge is 0.261 e. The number of benzene rings is 2. The third kappa shape index (κ3) is 3.97. The van der Waals surface area contributed by atoms with Crippen LogP contribution in [0.4, 0.5) is 0 Å². The maximum atomic E-state index is 12.7. The van der Waals surface area contributed by atoms with Crippen LogP contribution in [0.15, 0.2) is 54.6 Å². The summed E-state index contributed by atoms with van der Waals surface area (Å²) in [6.45, 7) is 1.97. The van der Waals surface area contributed by atoms with Crippen molar-refractivity contribution in [3.05, 3.63) is 65.0 Å². The molecule has 1 atom stereocenters. The van der Waals surface area contributed by atoms with E-state index in [2.05, 4.69) is 5.32 Å². The Balaban J connectivity index is 1.85. The monoisotopic (exact) mass is 397 g/mol. The van der Waals surface area contributed by atoms with Crippen LogP contribution in [0.3, 0.4) is 0 Å². The number of thiophene rings is 1. The maximum Gasteiger partial charge on any atom is 0.261 e. The van der Waals surface area contributed by atoms with Crippen LogP contribution in [0.5, 0.6) is 17.2 Å². The molecule has 0 saturated heterocycles. The number of nitrogens with one attached hydrogen (secondary N) is 1. The molecule has 0 unspecified atom stereocenters. The lowest BCUT2D eigenvalue weighted by Crippen LogP contribution is -2.25. The van der Waals surface area contributed by atoms with Gasteiger partial charge in [-0.1, -0.05) is 30.3 Å². The Hall–Kier alpha value is -2.99. The van der Waals surface area contributed by atoms with E-state index in [1.807, 2.05) is 61.5 Å². The van der Waals surface area contributed by atoms with Gasteiger partial charge in [0.2, 0.25) is 5.75 Å². The van der Waals surface area contributed by atoms with Crippen LogP contribution in [0.25, 0.3) is 10.4 Å². The van der Waals surface area contributed by atoms with Gasteiger partial charge < -0.3 is 19.5 Å². The molecule has 146 valence electrons. The average molecular weight is 397 g/mol. The molecule has 1 amide bonds. The lowest BCUT2D eigenvalue weighted by atomic mass is 10.1. The van der Waals surface area contributed by atoms with Gasteiger partial charge in [0, 0.05) is 10.4 Å².